The van der Waals surface area contributed by atoms with Crippen LogP contribution < -0.4 is 19.1 Å². The number of amides is 2. The van der Waals surface area contributed by atoms with Crippen molar-refractivity contribution in [2.45, 2.75) is 46.3 Å². The van der Waals surface area contributed by atoms with Crippen molar-refractivity contribution in [3.63, 3.8) is 0 Å². The zero-order chi connectivity index (χ0) is 27.3. The lowest BCUT2D eigenvalue weighted by Gasteiger charge is -2.32. The van der Waals surface area contributed by atoms with Gasteiger partial charge in [-0.1, -0.05) is 29.3 Å². The number of ether oxygens (including phenoxy) is 2. The van der Waals surface area contributed by atoms with Crippen LogP contribution in [0.3, 0.4) is 0 Å². The number of hydrogen-bond donors (Lipinski definition) is 1. The highest BCUT2D eigenvalue weighted by Crippen LogP contribution is 2.35. The van der Waals surface area contributed by atoms with Crippen molar-refractivity contribution in [1.82, 2.24) is 10.2 Å². The molecule has 0 aromatic heterocycles. The summed E-state index contributed by atoms with van der Waals surface area (Å²) in [6.07, 6.45) is 0. The molecule has 2 amide bonds. The number of sulfonamides is 1. The van der Waals surface area contributed by atoms with E-state index in [0.717, 1.165) is 4.31 Å². The largest absolute Gasteiger partial charge is 0.486 e. The second kappa shape index (κ2) is 12.2. The van der Waals surface area contributed by atoms with Gasteiger partial charge in [-0.15, -0.1) is 0 Å². The Bertz CT molecular complexity index is 1250. The molecule has 1 atom stereocenters. The van der Waals surface area contributed by atoms with Crippen LogP contribution in [0.2, 0.25) is 10.0 Å². The van der Waals surface area contributed by atoms with E-state index in [-0.39, 0.29) is 29.9 Å². The molecular formula is C25H31Cl2N3O6S. The number of carbonyl (C=O) groups is 2. The average molecular weight is 573 g/mol. The van der Waals surface area contributed by atoms with E-state index in [2.05, 4.69) is 5.32 Å². The highest BCUT2D eigenvalue weighted by molar-refractivity contribution is 7.92. The zero-order valence-electron chi connectivity index (χ0n) is 21.2. The maximum atomic E-state index is 13.7. The highest BCUT2D eigenvalue weighted by Gasteiger charge is 2.32. The summed E-state index contributed by atoms with van der Waals surface area (Å²) in [5.74, 6) is -0.307. The van der Waals surface area contributed by atoms with Gasteiger partial charge in [-0.05, 0) is 57.5 Å². The molecule has 1 N–H and O–H groups in total. The molecule has 37 heavy (non-hydrogen) atoms. The van der Waals surface area contributed by atoms with Crippen molar-refractivity contribution >= 4 is 50.7 Å². The minimum Gasteiger partial charge on any atom is -0.486 e. The number of halogens is 2. The van der Waals surface area contributed by atoms with Crippen molar-refractivity contribution in [2.75, 3.05) is 29.8 Å². The lowest BCUT2D eigenvalue weighted by atomic mass is 10.1. The molecule has 0 radical (unpaired) electrons. The molecule has 1 heterocycles. The summed E-state index contributed by atoms with van der Waals surface area (Å²) >= 11 is 12.4. The van der Waals surface area contributed by atoms with E-state index in [4.69, 9.17) is 32.7 Å². The van der Waals surface area contributed by atoms with Gasteiger partial charge in [0.1, 0.15) is 25.8 Å². The molecule has 3 rings (SSSR count). The van der Waals surface area contributed by atoms with Crippen LogP contribution in [0.4, 0.5) is 5.69 Å². The minimum absolute atomic E-state index is 0.0251. The van der Waals surface area contributed by atoms with Crippen molar-refractivity contribution in [3.8, 4) is 11.5 Å². The van der Waals surface area contributed by atoms with E-state index in [1.807, 2.05) is 13.8 Å². The van der Waals surface area contributed by atoms with Crippen LogP contribution in [-0.4, -0.2) is 62.7 Å². The molecule has 1 aliphatic heterocycles. The van der Waals surface area contributed by atoms with Gasteiger partial charge < -0.3 is 19.7 Å². The monoisotopic (exact) mass is 571 g/mol. The average Bonchev–Trinajstić information content (AvgIpc) is 2.85. The minimum atomic E-state index is -3.87. The van der Waals surface area contributed by atoms with Crippen LogP contribution in [0.15, 0.2) is 36.4 Å². The van der Waals surface area contributed by atoms with Crippen molar-refractivity contribution < 1.29 is 27.5 Å². The summed E-state index contributed by atoms with van der Waals surface area (Å²) in [6.45, 7) is 6.86. The molecule has 9 nitrogen and oxygen atoms in total. The number of rotatable bonds is 10. The van der Waals surface area contributed by atoms with Gasteiger partial charge in [0.2, 0.25) is 21.8 Å². The SMILES string of the molecule is CCS(=O)(=O)N(CC(=O)N(Cc1ccc(Cl)cc1Cl)[C@H](C)C(=O)NC(C)C)c1ccc2c(c1)OCCO2. The van der Waals surface area contributed by atoms with E-state index < -0.39 is 28.5 Å². The van der Waals surface area contributed by atoms with Gasteiger partial charge in [0.05, 0.1) is 11.4 Å². The van der Waals surface area contributed by atoms with Gasteiger partial charge in [-0.2, -0.15) is 0 Å². The van der Waals surface area contributed by atoms with Crippen LogP contribution in [0.5, 0.6) is 11.5 Å². The molecule has 0 saturated carbocycles. The second-order valence-corrected chi connectivity index (χ2v) is 11.9. The summed E-state index contributed by atoms with van der Waals surface area (Å²) in [5.41, 5.74) is 0.816. The number of hydrogen-bond acceptors (Lipinski definition) is 6. The summed E-state index contributed by atoms with van der Waals surface area (Å²) in [4.78, 5) is 27.9. The van der Waals surface area contributed by atoms with Gasteiger partial charge in [-0.25, -0.2) is 8.42 Å². The number of anilines is 1. The van der Waals surface area contributed by atoms with Crippen LogP contribution in [0.25, 0.3) is 0 Å². The van der Waals surface area contributed by atoms with Gasteiger partial charge in [0.15, 0.2) is 11.5 Å². The first-order valence-corrected chi connectivity index (χ1v) is 14.2. The van der Waals surface area contributed by atoms with Gasteiger partial charge in [0.25, 0.3) is 0 Å². The number of benzene rings is 2. The quantitative estimate of drug-likeness (QED) is 0.464. The summed E-state index contributed by atoms with van der Waals surface area (Å²) < 4.78 is 38.3. The van der Waals surface area contributed by atoms with Crippen molar-refractivity contribution in [1.29, 1.82) is 0 Å². The number of nitrogens with one attached hydrogen (secondary N) is 1. The fourth-order valence-corrected chi connectivity index (χ4v) is 5.25. The fourth-order valence-electron chi connectivity index (χ4n) is 3.73. The summed E-state index contributed by atoms with van der Waals surface area (Å²) in [6, 6.07) is 8.48. The molecule has 12 heteroatoms. The van der Waals surface area contributed by atoms with Gasteiger partial charge in [0, 0.05) is 28.7 Å². The maximum absolute atomic E-state index is 13.7. The smallest absolute Gasteiger partial charge is 0.244 e. The van der Waals surface area contributed by atoms with Crippen molar-refractivity contribution in [3.05, 3.63) is 52.0 Å². The lowest BCUT2D eigenvalue weighted by Crippen LogP contribution is -2.52. The molecule has 1 aliphatic rings. The second-order valence-electron chi connectivity index (χ2n) is 8.83. The molecule has 0 bridgehead atoms. The maximum Gasteiger partial charge on any atom is 0.244 e. The molecule has 2 aromatic rings. The van der Waals surface area contributed by atoms with Crippen LogP contribution in [0, 0.1) is 0 Å². The Kier molecular flexibility index (Phi) is 9.55. The van der Waals surface area contributed by atoms with Crippen molar-refractivity contribution in [2.24, 2.45) is 0 Å². The van der Waals surface area contributed by atoms with E-state index in [9.17, 15) is 18.0 Å². The van der Waals surface area contributed by atoms with E-state index in [1.165, 1.54) is 17.9 Å². The topological polar surface area (TPSA) is 105 Å². The number of nitrogens with zero attached hydrogens (tertiary/aromatic N) is 2. The van der Waals surface area contributed by atoms with Gasteiger partial charge >= 0.3 is 0 Å². The standard InChI is InChI=1S/C25H31Cl2N3O6S/c1-5-37(33,34)30(20-8-9-22-23(13-20)36-11-10-35-22)15-24(31)29(17(4)25(32)28-16(2)3)14-18-6-7-19(26)12-21(18)27/h6-9,12-13,16-17H,5,10-11,14-15H2,1-4H3,(H,28,32)/t17-/m1/s1. The molecular weight excluding hydrogens is 541 g/mol. The Morgan fingerprint density at radius 1 is 1.03 bits per heavy atom. The van der Waals surface area contributed by atoms with Crippen LogP contribution in [-0.2, 0) is 26.2 Å². The third kappa shape index (κ3) is 7.21. The third-order valence-electron chi connectivity index (χ3n) is 5.75. The molecule has 0 saturated heterocycles. The Morgan fingerprint density at radius 3 is 2.32 bits per heavy atom. The molecule has 0 unspecified atom stereocenters. The molecule has 0 aliphatic carbocycles. The van der Waals surface area contributed by atoms with Gasteiger partial charge in [-0.3, -0.25) is 13.9 Å². The van der Waals surface area contributed by atoms with Crippen LogP contribution in [0.1, 0.15) is 33.3 Å². The lowest BCUT2D eigenvalue weighted by molar-refractivity contribution is -0.139. The first-order chi connectivity index (χ1) is 17.4. The fraction of sp³-hybridized carbons (Fsp3) is 0.440. The summed E-state index contributed by atoms with van der Waals surface area (Å²) in [7, 11) is -3.87. The summed E-state index contributed by atoms with van der Waals surface area (Å²) in [5, 5.41) is 3.55. The molecule has 0 spiro atoms. The Balaban J connectivity index is 1.97. The highest BCUT2D eigenvalue weighted by atomic mass is 35.5. The first kappa shape index (κ1) is 28.9. The molecule has 2 aromatic carbocycles. The van der Waals surface area contributed by atoms with E-state index in [1.54, 1.807) is 37.3 Å². The Hall–Kier alpha value is -2.69. The number of carbonyl (C=O) groups excluding carboxylic acids is 2. The van der Waals surface area contributed by atoms with E-state index >= 15 is 0 Å². The Morgan fingerprint density at radius 2 is 1.70 bits per heavy atom. The number of fused-ring (bicyclic) bond motifs is 1. The molecule has 0 fully saturated rings. The first-order valence-electron chi connectivity index (χ1n) is 11.9. The van der Waals surface area contributed by atoms with E-state index in [0.29, 0.717) is 40.3 Å². The predicted octanol–water partition coefficient (Wildman–Crippen LogP) is 3.86. The Labute approximate surface area is 227 Å². The zero-order valence-corrected chi connectivity index (χ0v) is 23.5. The van der Waals surface area contributed by atoms with Crippen LogP contribution >= 0.6 is 23.2 Å². The normalized spacial score (nSPS) is 13.7. The third-order valence-corrected chi connectivity index (χ3v) is 8.08. The molecule has 202 valence electrons. The predicted molar refractivity (Wildman–Crippen MR) is 144 cm³/mol.